The zero-order chi connectivity index (χ0) is 9.42. The Hall–Kier alpha value is -1.58. The van der Waals surface area contributed by atoms with Crippen molar-refractivity contribution in [3.8, 4) is 0 Å². The van der Waals surface area contributed by atoms with Crippen molar-refractivity contribution >= 4 is 17.3 Å². The van der Waals surface area contributed by atoms with Crippen LogP contribution >= 0.6 is 0 Å². The van der Waals surface area contributed by atoms with Gasteiger partial charge in [0.05, 0.1) is 11.4 Å². The summed E-state index contributed by atoms with van der Waals surface area (Å²) in [5.74, 6) is -0.484. The largest absolute Gasteiger partial charge is 0.370 e. The first kappa shape index (κ1) is 8.04. The summed E-state index contributed by atoms with van der Waals surface area (Å²) in [7, 11) is 0. The van der Waals surface area contributed by atoms with Gasteiger partial charge in [0.25, 0.3) is 0 Å². The maximum Gasteiger partial charge on any atom is 0.246 e. The van der Waals surface area contributed by atoms with Gasteiger partial charge in [-0.3, -0.25) is 4.79 Å². The highest BCUT2D eigenvalue weighted by atomic mass is 19.1. The molecule has 1 heterocycles. The molecule has 68 valence electrons. The van der Waals surface area contributed by atoms with Crippen LogP contribution in [0.5, 0.6) is 0 Å². The van der Waals surface area contributed by atoms with Gasteiger partial charge in [0.1, 0.15) is 11.9 Å². The Morgan fingerprint density at radius 1 is 1.46 bits per heavy atom. The van der Waals surface area contributed by atoms with E-state index in [1.165, 1.54) is 6.07 Å². The highest BCUT2D eigenvalue weighted by molar-refractivity contribution is 6.02. The number of halogens is 1. The van der Waals surface area contributed by atoms with Gasteiger partial charge in [0.2, 0.25) is 5.91 Å². The Morgan fingerprint density at radius 3 is 3.00 bits per heavy atom. The summed E-state index contributed by atoms with van der Waals surface area (Å²) in [5.41, 5.74) is 0.873. The van der Waals surface area contributed by atoms with Crippen LogP contribution in [0.1, 0.15) is 6.92 Å². The van der Waals surface area contributed by atoms with E-state index in [0.717, 1.165) is 0 Å². The van der Waals surface area contributed by atoms with Crippen LogP contribution in [0.3, 0.4) is 0 Å². The van der Waals surface area contributed by atoms with E-state index in [4.69, 9.17) is 0 Å². The Morgan fingerprint density at radius 2 is 2.23 bits per heavy atom. The number of nitrogens with one attached hydrogen (secondary N) is 2. The molecule has 1 aromatic rings. The molecular weight excluding hydrogens is 171 g/mol. The van der Waals surface area contributed by atoms with Crippen molar-refractivity contribution < 1.29 is 9.18 Å². The minimum Gasteiger partial charge on any atom is -0.370 e. The molecule has 1 aromatic carbocycles. The number of anilines is 2. The predicted molar refractivity (Wildman–Crippen MR) is 48.1 cm³/mol. The van der Waals surface area contributed by atoms with Crippen molar-refractivity contribution in [3.63, 3.8) is 0 Å². The fourth-order valence-corrected chi connectivity index (χ4v) is 1.30. The quantitative estimate of drug-likeness (QED) is 0.636. The molecule has 3 nitrogen and oxygen atoms in total. The van der Waals surface area contributed by atoms with E-state index in [1.807, 2.05) is 0 Å². The molecule has 1 atom stereocenters. The normalized spacial score (nSPS) is 20.2. The summed E-state index contributed by atoms with van der Waals surface area (Å²) in [6.45, 7) is 1.69. The number of amides is 1. The van der Waals surface area contributed by atoms with Crippen molar-refractivity contribution in [2.24, 2.45) is 0 Å². The minimum absolute atomic E-state index is 0.141. The molecule has 2 N–H and O–H groups in total. The van der Waals surface area contributed by atoms with Gasteiger partial charge < -0.3 is 10.6 Å². The number of fused-ring (bicyclic) bond motifs is 1. The molecule has 0 saturated heterocycles. The molecule has 0 unspecified atom stereocenters. The van der Waals surface area contributed by atoms with E-state index in [-0.39, 0.29) is 17.8 Å². The summed E-state index contributed by atoms with van der Waals surface area (Å²) >= 11 is 0. The Kier molecular flexibility index (Phi) is 1.69. The van der Waals surface area contributed by atoms with Crippen LogP contribution in [0.2, 0.25) is 0 Å². The fraction of sp³-hybridized carbons (Fsp3) is 0.222. The van der Waals surface area contributed by atoms with Crippen molar-refractivity contribution in [2.45, 2.75) is 13.0 Å². The third-order valence-electron chi connectivity index (χ3n) is 2.03. The molecule has 1 aliphatic heterocycles. The lowest BCUT2D eigenvalue weighted by molar-refractivity contribution is -0.116. The Balaban J connectivity index is 2.48. The lowest BCUT2D eigenvalue weighted by Gasteiger charge is -2.24. The zero-order valence-corrected chi connectivity index (χ0v) is 7.10. The second-order valence-corrected chi connectivity index (χ2v) is 3.02. The third kappa shape index (κ3) is 1.24. The Labute approximate surface area is 74.9 Å². The maximum atomic E-state index is 13.2. The van der Waals surface area contributed by atoms with Crippen LogP contribution in [0.15, 0.2) is 18.2 Å². The van der Waals surface area contributed by atoms with Crippen molar-refractivity contribution in [3.05, 3.63) is 24.0 Å². The van der Waals surface area contributed by atoms with Crippen LogP contribution in [0.4, 0.5) is 15.8 Å². The number of rotatable bonds is 0. The van der Waals surface area contributed by atoms with Gasteiger partial charge in [-0.1, -0.05) is 6.07 Å². The summed E-state index contributed by atoms with van der Waals surface area (Å²) in [6, 6.07) is 4.20. The number of hydrogen-bond acceptors (Lipinski definition) is 2. The molecule has 1 aliphatic rings. The van der Waals surface area contributed by atoms with Gasteiger partial charge in [0, 0.05) is 0 Å². The topological polar surface area (TPSA) is 41.1 Å². The first-order valence-electron chi connectivity index (χ1n) is 4.04. The van der Waals surface area contributed by atoms with Crippen molar-refractivity contribution in [2.75, 3.05) is 10.6 Å². The van der Waals surface area contributed by atoms with Gasteiger partial charge in [-0.2, -0.15) is 0 Å². The van der Waals surface area contributed by atoms with Crippen LogP contribution in [-0.4, -0.2) is 11.9 Å². The highest BCUT2D eigenvalue weighted by Crippen LogP contribution is 2.28. The SMILES string of the molecule is C[C@H]1Nc2c(F)cccc2NC1=O. The maximum absolute atomic E-state index is 13.2. The zero-order valence-electron chi connectivity index (χ0n) is 7.10. The van der Waals surface area contributed by atoms with Gasteiger partial charge >= 0.3 is 0 Å². The van der Waals surface area contributed by atoms with Gasteiger partial charge in [-0.25, -0.2) is 4.39 Å². The van der Waals surface area contributed by atoms with E-state index in [9.17, 15) is 9.18 Å². The highest BCUT2D eigenvalue weighted by Gasteiger charge is 2.22. The smallest absolute Gasteiger partial charge is 0.246 e. The lowest BCUT2D eigenvalue weighted by atomic mass is 10.1. The number of benzene rings is 1. The van der Waals surface area contributed by atoms with Gasteiger partial charge in [-0.05, 0) is 19.1 Å². The average Bonchev–Trinajstić information content (AvgIpc) is 2.09. The molecule has 2 rings (SSSR count). The summed E-state index contributed by atoms with van der Waals surface area (Å²) < 4.78 is 13.2. The number of carbonyl (C=O) groups excluding carboxylic acids is 1. The molecule has 1 amide bonds. The molecule has 0 saturated carbocycles. The summed E-state index contributed by atoms with van der Waals surface area (Å²) in [6.07, 6.45) is 0. The molecule has 0 aromatic heterocycles. The van der Waals surface area contributed by atoms with Crippen LogP contribution < -0.4 is 10.6 Å². The molecule has 0 bridgehead atoms. The third-order valence-corrected chi connectivity index (χ3v) is 2.03. The standard InChI is InChI=1S/C9H9FN2O/c1-5-9(13)12-7-4-2-3-6(10)8(7)11-5/h2-5,11H,1H3,(H,12,13)/t5-/m1/s1. The second kappa shape index (κ2) is 2.73. The lowest BCUT2D eigenvalue weighted by Crippen LogP contribution is -2.36. The molecular formula is C9H9FN2O. The predicted octanol–water partition coefficient (Wildman–Crippen LogP) is 1.58. The Bertz CT molecular complexity index is 365. The molecule has 0 spiro atoms. The molecule has 0 radical (unpaired) electrons. The first-order chi connectivity index (χ1) is 6.18. The molecule has 13 heavy (non-hydrogen) atoms. The van der Waals surface area contributed by atoms with Crippen molar-refractivity contribution in [1.29, 1.82) is 0 Å². The molecule has 4 heteroatoms. The second-order valence-electron chi connectivity index (χ2n) is 3.02. The number of carbonyl (C=O) groups is 1. The van der Waals surface area contributed by atoms with Crippen LogP contribution in [0.25, 0.3) is 0 Å². The van der Waals surface area contributed by atoms with E-state index < -0.39 is 0 Å². The van der Waals surface area contributed by atoms with E-state index >= 15 is 0 Å². The first-order valence-corrected chi connectivity index (χ1v) is 4.04. The van der Waals surface area contributed by atoms with E-state index in [1.54, 1.807) is 19.1 Å². The summed E-state index contributed by atoms with van der Waals surface area (Å²) in [5, 5.41) is 5.40. The van der Waals surface area contributed by atoms with E-state index in [2.05, 4.69) is 10.6 Å². The minimum atomic E-state index is -0.385. The molecule has 0 fully saturated rings. The van der Waals surface area contributed by atoms with Crippen LogP contribution in [-0.2, 0) is 4.79 Å². The van der Waals surface area contributed by atoms with E-state index in [0.29, 0.717) is 11.4 Å². The number of para-hydroxylation sites is 1. The summed E-state index contributed by atoms with van der Waals surface area (Å²) in [4.78, 5) is 11.2. The average molecular weight is 180 g/mol. The van der Waals surface area contributed by atoms with Gasteiger partial charge in [0.15, 0.2) is 0 Å². The van der Waals surface area contributed by atoms with Gasteiger partial charge in [-0.15, -0.1) is 0 Å². The fourth-order valence-electron chi connectivity index (χ4n) is 1.30. The number of hydrogen-bond donors (Lipinski definition) is 2. The monoisotopic (exact) mass is 180 g/mol. The van der Waals surface area contributed by atoms with Crippen molar-refractivity contribution in [1.82, 2.24) is 0 Å². The van der Waals surface area contributed by atoms with Crippen LogP contribution in [0, 0.1) is 5.82 Å². The molecule has 0 aliphatic carbocycles.